The average molecular weight is 539 g/mol. The Morgan fingerprint density at radius 2 is 2.03 bits per heavy atom. The Kier molecular flexibility index (Phi) is 5.08. The van der Waals surface area contributed by atoms with Gasteiger partial charge in [-0.2, -0.15) is 0 Å². The molecule has 2 fully saturated rings. The molecule has 7 rings (SSSR count). The van der Waals surface area contributed by atoms with Crippen molar-refractivity contribution in [2.24, 2.45) is 10.9 Å². The lowest BCUT2D eigenvalue weighted by Gasteiger charge is -2.29. The number of non-ortho nitro benzene ring substituents is 1. The van der Waals surface area contributed by atoms with Crippen molar-refractivity contribution in [3.8, 4) is 5.00 Å². The molecule has 2 aliphatic heterocycles. The molecule has 1 saturated heterocycles. The molecule has 0 N–H and O–H groups in total. The first-order valence-electron chi connectivity index (χ1n) is 12.3. The van der Waals surface area contributed by atoms with Crippen LogP contribution in [0.1, 0.15) is 46.1 Å². The van der Waals surface area contributed by atoms with Crippen molar-refractivity contribution >= 4 is 40.2 Å². The van der Waals surface area contributed by atoms with Gasteiger partial charge in [0.15, 0.2) is 5.82 Å². The van der Waals surface area contributed by atoms with Crippen LogP contribution in [0.3, 0.4) is 0 Å². The summed E-state index contributed by atoms with van der Waals surface area (Å²) in [6, 6.07) is 4.48. The van der Waals surface area contributed by atoms with Gasteiger partial charge in [0.25, 0.3) is 5.69 Å². The van der Waals surface area contributed by atoms with Gasteiger partial charge in [-0.1, -0.05) is 11.6 Å². The van der Waals surface area contributed by atoms with E-state index in [0.29, 0.717) is 55.4 Å². The summed E-state index contributed by atoms with van der Waals surface area (Å²) in [7, 11) is 0. The Bertz CT molecular complexity index is 1520. The highest BCUT2D eigenvalue weighted by molar-refractivity contribution is 7.15. The zero-order valence-corrected chi connectivity index (χ0v) is 21.6. The largest absolute Gasteiger partial charge is 0.378 e. The molecule has 4 heterocycles. The maximum Gasteiger partial charge on any atom is 0.270 e. The second-order valence-electron chi connectivity index (χ2n) is 10.0. The van der Waals surface area contributed by atoms with Gasteiger partial charge in [-0.3, -0.25) is 24.5 Å². The number of carbonyl (C=O) groups excluding carboxylic acids is 1. The lowest BCUT2D eigenvalue weighted by molar-refractivity contribution is -0.384. The van der Waals surface area contributed by atoms with Crippen LogP contribution >= 0.6 is 22.9 Å². The number of nitro benzene ring substituents is 1. The van der Waals surface area contributed by atoms with Gasteiger partial charge in [-0.15, -0.1) is 21.5 Å². The van der Waals surface area contributed by atoms with Crippen LogP contribution in [-0.4, -0.2) is 62.5 Å². The maximum absolute atomic E-state index is 13.4. The van der Waals surface area contributed by atoms with Gasteiger partial charge in [-0.25, -0.2) is 0 Å². The molecule has 1 saturated carbocycles. The van der Waals surface area contributed by atoms with E-state index in [4.69, 9.17) is 21.3 Å². The third-order valence-corrected chi connectivity index (χ3v) is 9.34. The fraction of sp³-hybridized carbons (Fsp3) is 0.440. The van der Waals surface area contributed by atoms with Crippen molar-refractivity contribution in [3.63, 3.8) is 0 Å². The second kappa shape index (κ2) is 8.17. The number of fused-ring (bicyclic) bond motifs is 6. The number of aromatic nitrogens is 3. The van der Waals surface area contributed by atoms with Crippen LogP contribution in [-0.2, 0) is 27.9 Å². The molecule has 37 heavy (non-hydrogen) atoms. The van der Waals surface area contributed by atoms with Crippen LogP contribution in [0.15, 0.2) is 23.2 Å². The molecular formula is C25H23ClN6O4S. The van der Waals surface area contributed by atoms with Gasteiger partial charge >= 0.3 is 0 Å². The van der Waals surface area contributed by atoms with Crippen molar-refractivity contribution in [2.45, 2.75) is 38.1 Å². The SMILES string of the molecule is Cc1nnc2n1-c1sc3c(c1C(c1cc([N+](=O)[O-])ccc1Cl)=NC21CC1)C[C@H](C(=O)N1CCOCC1)C3. The van der Waals surface area contributed by atoms with Crippen molar-refractivity contribution in [3.05, 3.63) is 66.6 Å². The number of rotatable bonds is 3. The summed E-state index contributed by atoms with van der Waals surface area (Å²) in [5, 5.41) is 21.9. The maximum atomic E-state index is 13.4. The number of halogens is 1. The third kappa shape index (κ3) is 3.48. The number of aryl methyl sites for hydroxylation is 1. The van der Waals surface area contributed by atoms with Gasteiger partial charge in [0.1, 0.15) is 16.4 Å². The van der Waals surface area contributed by atoms with Gasteiger partial charge in [0, 0.05) is 47.1 Å². The normalized spacial score (nSPS) is 21.2. The highest BCUT2D eigenvalue weighted by Gasteiger charge is 2.52. The second-order valence-corrected chi connectivity index (χ2v) is 11.5. The number of ether oxygens (including phenoxy) is 1. The minimum atomic E-state index is -0.530. The molecule has 2 aromatic heterocycles. The monoisotopic (exact) mass is 538 g/mol. The lowest BCUT2D eigenvalue weighted by atomic mass is 9.96. The van der Waals surface area contributed by atoms with E-state index in [2.05, 4.69) is 14.8 Å². The van der Waals surface area contributed by atoms with E-state index in [1.54, 1.807) is 17.4 Å². The number of benzene rings is 1. The summed E-state index contributed by atoms with van der Waals surface area (Å²) in [6.45, 7) is 4.29. The summed E-state index contributed by atoms with van der Waals surface area (Å²) in [6.07, 6.45) is 2.88. The minimum absolute atomic E-state index is 0.0411. The molecule has 12 heteroatoms. The quantitative estimate of drug-likeness (QED) is 0.371. The first-order chi connectivity index (χ1) is 17.9. The average Bonchev–Trinajstić information content (AvgIpc) is 3.23. The number of thiophene rings is 1. The number of nitro groups is 1. The van der Waals surface area contributed by atoms with Crippen LogP contribution in [0.5, 0.6) is 0 Å². The van der Waals surface area contributed by atoms with E-state index < -0.39 is 10.5 Å². The molecule has 1 atom stereocenters. The van der Waals surface area contributed by atoms with E-state index in [-0.39, 0.29) is 17.5 Å². The Morgan fingerprint density at radius 3 is 2.76 bits per heavy atom. The first kappa shape index (κ1) is 23.0. The fourth-order valence-corrected chi connectivity index (χ4v) is 7.39. The summed E-state index contributed by atoms with van der Waals surface area (Å²) >= 11 is 8.32. The van der Waals surface area contributed by atoms with Gasteiger partial charge in [-0.05, 0) is 44.2 Å². The molecule has 0 unspecified atom stereocenters. The van der Waals surface area contributed by atoms with E-state index in [0.717, 1.165) is 45.5 Å². The minimum Gasteiger partial charge on any atom is -0.378 e. The number of nitrogens with zero attached hydrogens (tertiary/aromatic N) is 6. The molecule has 1 aromatic carbocycles. The molecular weight excluding hydrogens is 516 g/mol. The van der Waals surface area contributed by atoms with Crippen molar-refractivity contribution < 1.29 is 14.5 Å². The Morgan fingerprint density at radius 1 is 1.24 bits per heavy atom. The number of hydrogen-bond donors (Lipinski definition) is 0. The van der Waals surface area contributed by atoms with Gasteiger partial charge in [0.2, 0.25) is 5.91 Å². The number of morpholine rings is 1. The van der Waals surface area contributed by atoms with Crippen LogP contribution in [0.25, 0.3) is 5.00 Å². The van der Waals surface area contributed by atoms with Crippen molar-refractivity contribution in [1.82, 2.24) is 19.7 Å². The lowest BCUT2D eigenvalue weighted by Crippen LogP contribution is -2.44. The summed E-state index contributed by atoms with van der Waals surface area (Å²) < 4.78 is 7.52. The summed E-state index contributed by atoms with van der Waals surface area (Å²) in [4.78, 5) is 32.9. The van der Waals surface area contributed by atoms with Gasteiger partial charge in [0.05, 0.1) is 28.9 Å². The Hall–Kier alpha value is -3.15. The highest BCUT2D eigenvalue weighted by atomic mass is 35.5. The smallest absolute Gasteiger partial charge is 0.270 e. The molecule has 3 aromatic rings. The van der Waals surface area contributed by atoms with Crippen LogP contribution in [0.4, 0.5) is 5.69 Å². The summed E-state index contributed by atoms with van der Waals surface area (Å²) in [5.41, 5.74) is 2.57. The number of aliphatic imine (C=N–C) groups is 1. The van der Waals surface area contributed by atoms with Crippen molar-refractivity contribution in [2.75, 3.05) is 26.3 Å². The van der Waals surface area contributed by atoms with E-state index in [1.165, 1.54) is 12.1 Å². The number of amides is 1. The predicted octanol–water partition coefficient (Wildman–Crippen LogP) is 3.61. The van der Waals surface area contributed by atoms with Gasteiger partial charge < -0.3 is 9.64 Å². The molecule has 2 aliphatic carbocycles. The van der Waals surface area contributed by atoms with Crippen LogP contribution < -0.4 is 0 Å². The number of hydrogen-bond acceptors (Lipinski definition) is 8. The van der Waals surface area contributed by atoms with E-state index in [9.17, 15) is 14.9 Å². The molecule has 0 bridgehead atoms. The summed E-state index contributed by atoms with van der Waals surface area (Å²) in [5.74, 6) is 1.57. The zero-order valence-electron chi connectivity index (χ0n) is 20.1. The van der Waals surface area contributed by atoms with E-state index >= 15 is 0 Å². The van der Waals surface area contributed by atoms with Crippen molar-refractivity contribution in [1.29, 1.82) is 0 Å². The Labute approximate surface area is 221 Å². The fourth-order valence-electron chi connectivity index (χ4n) is 5.72. The number of carbonyl (C=O) groups is 1. The molecule has 10 nitrogen and oxygen atoms in total. The van der Waals surface area contributed by atoms with E-state index in [1.807, 2.05) is 11.8 Å². The Balaban J connectivity index is 1.40. The van der Waals surface area contributed by atoms with Crippen LogP contribution in [0, 0.1) is 23.0 Å². The molecule has 1 spiro atoms. The predicted molar refractivity (Wildman–Crippen MR) is 137 cm³/mol. The molecule has 1 amide bonds. The zero-order chi connectivity index (χ0) is 25.5. The molecule has 4 aliphatic rings. The third-order valence-electron chi connectivity index (χ3n) is 7.77. The molecule has 0 radical (unpaired) electrons. The highest BCUT2D eigenvalue weighted by Crippen LogP contribution is 2.54. The first-order valence-corrected chi connectivity index (χ1v) is 13.5. The standard InChI is InChI=1S/C25H23ClN6O4S/c1-13-28-29-24-25(4-5-25)27-21(16-12-15(32(34)35)2-3-18(16)26)20-17-10-14(11-19(17)37-23(20)31(13)24)22(33)30-6-8-36-9-7-30/h2-3,12,14H,4-11H2,1H3/t14-/m0/s1. The van der Waals surface area contributed by atoms with Crippen LogP contribution in [0.2, 0.25) is 5.02 Å². The molecule has 190 valence electrons. The topological polar surface area (TPSA) is 116 Å².